The number of amides is 3. The monoisotopic (exact) mass is 292 g/mol. The second-order valence-corrected chi connectivity index (χ2v) is 4.73. The Morgan fingerprint density at radius 3 is 3.00 bits per heavy atom. The van der Waals surface area contributed by atoms with Gasteiger partial charge in [0.05, 0.1) is 13.2 Å². The second-order valence-electron chi connectivity index (χ2n) is 4.73. The van der Waals surface area contributed by atoms with E-state index in [-0.39, 0.29) is 18.5 Å². The molecule has 1 aromatic carbocycles. The van der Waals surface area contributed by atoms with Crippen LogP contribution in [0.1, 0.15) is 6.92 Å². The number of nitrogen functional groups attached to an aromatic ring is 1. The lowest BCUT2D eigenvalue weighted by atomic mass is 10.2. The largest absolute Gasteiger partial charge is 0.399 e. The average Bonchev–Trinajstić information content (AvgIpc) is 2.47. The zero-order valence-electron chi connectivity index (χ0n) is 12.0. The van der Waals surface area contributed by atoms with E-state index in [4.69, 9.17) is 10.5 Å². The number of ether oxygens (including phenoxy) is 1. The molecule has 1 atom stereocenters. The van der Waals surface area contributed by atoms with Crippen LogP contribution in [0.4, 0.5) is 16.2 Å². The standard InChI is InChI=1S/C14H20N4O3/c1-2-16-13(19)12-9-21-7-6-18(12)14(20)17-11-5-3-4-10(15)8-11/h3-5,8,12H,2,6-7,9,15H2,1H3,(H,16,19)(H,17,20). The number of morpholine rings is 1. The molecule has 21 heavy (non-hydrogen) atoms. The maximum Gasteiger partial charge on any atom is 0.322 e. The number of rotatable bonds is 3. The van der Waals surface area contributed by atoms with Gasteiger partial charge in [-0.1, -0.05) is 6.07 Å². The highest BCUT2D eigenvalue weighted by Crippen LogP contribution is 2.15. The van der Waals surface area contributed by atoms with Gasteiger partial charge in [0.2, 0.25) is 5.91 Å². The van der Waals surface area contributed by atoms with Gasteiger partial charge in [0.25, 0.3) is 0 Å². The molecule has 7 nitrogen and oxygen atoms in total. The van der Waals surface area contributed by atoms with Gasteiger partial charge in [-0.15, -0.1) is 0 Å². The van der Waals surface area contributed by atoms with E-state index < -0.39 is 6.04 Å². The molecule has 0 aliphatic carbocycles. The number of carbonyl (C=O) groups is 2. The Kier molecular flexibility index (Phi) is 4.99. The molecule has 2 rings (SSSR count). The minimum Gasteiger partial charge on any atom is -0.399 e. The first kappa shape index (κ1) is 15.1. The van der Waals surface area contributed by atoms with Gasteiger partial charge in [0.15, 0.2) is 0 Å². The van der Waals surface area contributed by atoms with Crippen molar-refractivity contribution in [1.82, 2.24) is 10.2 Å². The van der Waals surface area contributed by atoms with Crippen LogP contribution in [0.15, 0.2) is 24.3 Å². The molecular weight excluding hydrogens is 272 g/mol. The Labute approximate surface area is 123 Å². The smallest absolute Gasteiger partial charge is 0.322 e. The summed E-state index contributed by atoms with van der Waals surface area (Å²) in [6.07, 6.45) is 0. The van der Waals surface area contributed by atoms with Crippen LogP contribution in [0.25, 0.3) is 0 Å². The third kappa shape index (κ3) is 3.85. The van der Waals surface area contributed by atoms with Crippen LogP contribution in [-0.4, -0.2) is 49.2 Å². The molecule has 0 aromatic heterocycles. The number of urea groups is 1. The summed E-state index contributed by atoms with van der Waals surface area (Å²) in [5.41, 5.74) is 6.84. The molecule has 1 saturated heterocycles. The molecule has 1 aliphatic rings. The van der Waals surface area contributed by atoms with Crippen LogP contribution >= 0.6 is 0 Å². The first-order valence-electron chi connectivity index (χ1n) is 6.90. The topological polar surface area (TPSA) is 96.7 Å². The number of hydrogen-bond donors (Lipinski definition) is 3. The average molecular weight is 292 g/mol. The van der Waals surface area contributed by atoms with Crippen LogP contribution in [0.5, 0.6) is 0 Å². The third-order valence-electron chi connectivity index (χ3n) is 3.18. The number of anilines is 2. The molecule has 1 fully saturated rings. The Balaban J connectivity index is 2.06. The van der Waals surface area contributed by atoms with Crippen molar-refractivity contribution < 1.29 is 14.3 Å². The molecule has 0 spiro atoms. The normalized spacial score (nSPS) is 18.1. The van der Waals surface area contributed by atoms with Crippen LogP contribution in [0, 0.1) is 0 Å². The molecule has 0 radical (unpaired) electrons. The molecule has 0 bridgehead atoms. The number of nitrogens with two attached hydrogens (primary N) is 1. The van der Waals surface area contributed by atoms with Gasteiger partial charge >= 0.3 is 6.03 Å². The number of nitrogens with zero attached hydrogens (tertiary/aromatic N) is 1. The van der Waals surface area contributed by atoms with Crippen molar-refractivity contribution in [2.75, 3.05) is 37.4 Å². The van der Waals surface area contributed by atoms with Crippen molar-refractivity contribution in [1.29, 1.82) is 0 Å². The van der Waals surface area contributed by atoms with E-state index in [9.17, 15) is 9.59 Å². The van der Waals surface area contributed by atoms with E-state index >= 15 is 0 Å². The molecule has 1 aliphatic heterocycles. The van der Waals surface area contributed by atoms with Crippen molar-refractivity contribution in [2.45, 2.75) is 13.0 Å². The van der Waals surface area contributed by atoms with Crippen molar-refractivity contribution in [3.63, 3.8) is 0 Å². The summed E-state index contributed by atoms with van der Waals surface area (Å²) < 4.78 is 5.30. The fraction of sp³-hybridized carbons (Fsp3) is 0.429. The van der Waals surface area contributed by atoms with Crippen LogP contribution in [0.3, 0.4) is 0 Å². The van der Waals surface area contributed by atoms with E-state index in [0.717, 1.165) is 0 Å². The van der Waals surface area contributed by atoms with Crippen LogP contribution < -0.4 is 16.4 Å². The van der Waals surface area contributed by atoms with Gasteiger partial charge in [0, 0.05) is 24.5 Å². The van der Waals surface area contributed by atoms with E-state index in [0.29, 0.717) is 31.1 Å². The lowest BCUT2D eigenvalue weighted by Gasteiger charge is -2.34. The summed E-state index contributed by atoms with van der Waals surface area (Å²) in [5, 5.41) is 5.46. The fourth-order valence-electron chi connectivity index (χ4n) is 2.17. The van der Waals surface area contributed by atoms with Crippen molar-refractivity contribution in [3.05, 3.63) is 24.3 Å². The highest BCUT2D eigenvalue weighted by Gasteiger charge is 2.32. The summed E-state index contributed by atoms with van der Waals surface area (Å²) >= 11 is 0. The molecule has 1 heterocycles. The Hall–Kier alpha value is -2.28. The van der Waals surface area contributed by atoms with E-state index in [1.54, 1.807) is 24.3 Å². The summed E-state index contributed by atoms with van der Waals surface area (Å²) in [6, 6.07) is 5.96. The summed E-state index contributed by atoms with van der Waals surface area (Å²) in [7, 11) is 0. The molecule has 7 heteroatoms. The Morgan fingerprint density at radius 2 is 2.29 bits per heavy atom. The van der Waals surface area contributed by atoms with Crippen molar-refractivity contribution in [2.24, 2.45) is 0 Å². The van der Waals surface area contributed by atoms with Crippen molar-refractivity contribution >= 4 is 23.3 Å². The number of benzene rings is 1. The first-order chi connectivity index (χ1) is 10.1. The van der Waals surface area contributed by atoms with Gasteiger partial charge in [-0.25, -0.2) is 4.79 Å². The van der Waals surface area contributed by atoms with E-state index in [1.807, 2.05) is 6.92 Å². The fourth-order valence-corrected chi connectivity index (χ4v) is 2.17. The molecule has 1 aromatic rings. The Morgan fingerprint density at radius 1 is 1.48 bits per heavy atom. The molecule has 114 valence electrons. The zero-order chi connectivity index (χ0) is 15.2. The van der Waals surface area contributed by atoms with Crippen LogP contribution in [0.2, 0.25) is 0 Å². The highest BCUT2D eigenvalue weighted by molar-refractivity contribution is 5.94. The van der Waals surface area contributed by atoms with Gasteiger partial charge < -0.3 is 26.0 Å². The summed E-state index contributed by atoms with van der Waals surface area (Å²) in [6.45, 7) is 3.34. The Bertz CT molecular complexity index is 521. The molecular formula is C14H20N4O3. The number of likely N-dealkylation sites (N-methyl/N-ethyl adjacent to an activating group) is 1. The molecule has 0 saturated carbocycles. The summed E-state index contributed by atoms with van der Waals surface area (Å²) in [5.74, 6) is -0.208. The molecule has 4 N–H and O–H groups in total. The first-order valence-corrected chi connectivity index (χ1v) is 6.90. The second kappa shape index (κ2) is 6.94. The summed E-state index contributed by atoms with van der Waals surface area (Å²) in [4.78, 5) is 25.8. The van der Waals surface area contributed by atoms with E-state index in [1.165, 1.54) is 4.90 Å². The minimum atomic E-state index is -0.611. The highest BCUT2D eigenvalue weighted by atomic mass is 16.5. The number of hydrogen-bond acceptors (Lipinski definition) is 4. The maximum absolute atomic E-state index is 12.3. The third-order valence-corrected chi connectivity index (χ3v) is 3.18. The minimum absolute atomic E-state index is 0.205. The maximum atomic E-state index is 12.3. The lowest BCUT2D eigenvalue weighted by Crippen LogP contribution is -2.56. The molecule has 3 amide bonds. The number of carbonyl (C=O) groups excluding carboxylic acids is 2. The van der Waals surface area contributed by atoms with Gasteiger partial charge in [-0.05, 0) is 25.1 Å². The predicted octanol–water partition coefficient (Wildman–Crippen LogP) is 0.638. The predicted molar refractivity (Wildman–Crippen MR) is 79.9 cm³/mol. The SMILES string of the molecule is CCNC(=O)C1COCCN1C(=O)Nc1cccc(N)c1. The van der Waals surface area contributed by atoms with Gasteiger partial charge in [0.1, 0.15) is 6.04 Å². The molecule has 1 unspecified atom stereocenters. The zero-order valence-corrected chi connectivity index (χ0v) is 12.0. The van der Waals surface area contributed by atoms with Crippen molar-refractivity contribution in [3.8, 4) is 0 Å². The van der Waals surface area contributed by atoms with Crippen LogP contribution in [-0.2, 0) is 9.53 Å². The number of nitrogens with one attached hydrogen (secondary N) is 2. The van der Waals surface area contributed by atoms with Gasteiger partial charge in [-0.3, -0.25) is 4.79 Å². The van der Waals surface area contributed by atoms with E-state index in [2.05, 4.69) is 10.6 Å². The van der Waals surface area contributed by atoms with Gasteiger partial charge in [-0.2, -0.15) is 0 Å². The lowest BCUT2D eigenvalue weighted by molar-refractivity contribution is -0.130. The quantitative estimate of drug-likeness (QED) is 0.712.